The highest BCUT2D eigenvalue weighted by atomic mass is 32.2. The SMILES string of the molecule is CCOc1ccc(S(=O)(=O)NCCC(=O)N2CCC[C@@H]2c2ccc3c(c2)OCCO3)cc1. The Labute approximate surface area is 188 Å². The van der Waals surface area contributed by atoms with Crippen LogP contribution in [0.5, 0.6) is 17.2 Å². The Balaban J connectivity index is 1.35. The zero-order chi connectivity index (χ0) is 22.6. The molecule has 0 saturated carbocycles. The molecule has 2 aromatic rings. The van der Waals surface area contributed by atoms with Crippen LogP contribution in [0.2, 0.25) is 0 Å². The molecule has 8 nitrogen and oxygen atoms in total. The third kappa shape index (κ3) is 4.99. The largest absolute Gasteiger partial charge is 0.494 e. The fraction of sp³-hybridized carbons (Fsp3) is 0.435. The van der Waals surface area contributed by atoms with Gasteiger partial charge < -0.3 is 19.1 Å². The van der Waals surface area contributed by atoms with Crippen LogP contribution in [0.3, 0.4) is 0 Å². The summed E-state index contributed by atoms with van der Waals surface area (Å²) in [5, 5.41) is 0. The van der Waals surface area contributed by atoms with Gasteiger partial charge in [0.05, 0.1) is 17.5 Å². The van der Waals surface area contributed by atoms with Crippen LogP contribution in [0.4, 0.5) is 0 Å². The highest BCUT2D eigenvalue weighted by Crippen LogP contribution is 2.38. The first kappa shape index (κ1) is 22.4. The summed E-state index contributed by atoms with van der Waals surface area (Å²) in [7, 11) is -3.69. The molecule has 9 heteroatoms. The summed E-state index contributed by atoms with van der Waals surface area (Å²) in [6.07, 6.45) is 1.86. The minimum Gasteiger partial charge on any atom is -0.494 e. The number of nitrogens with zero attached hydrogens (tertiary/aromatic N) is 1. The maximum absolute atomic E-state index is 12.9. The Morgan fingerprint density at radius 3 is 2.62 bits per heavy atom. The molecule has 0 spiro atoms. The zero-order valence-corrected chi connectivity index (χ0v) is 18.9. The number of rotatable bonds is 8. The first-order chi connectivity index (χ1) is 15.5. The van der Waals surface area contributed by atoms with Gasteiger partial charge in [-0.3, -0.25) is 4.79 Å². The van der Waals surface area contributed by atoms with Gasteiger partial charge in [0.15, 0.2) is 11.5 Å². The van der Waals surface area contributed by atoms with Gasteiger partial charge in [-0.05, 0) is 61.7 Å². The van der Waals surface area contributed by atoms with E-state index in [2.05, 4.69) is 4.72 Å². The molecule has 1 saturated heterocycles. The quantitative estimate of drug-likeness (QED) is 0.651. The first-order valence-corrected chi connectivity index (χ1v) is 12.4. The van der Waals surface area contributed by atoms with Crippen LogP contribution in [0.25, 0.3) is 0 Å². The Morgan fingerprint density at radius 2 is 1.88 bits per heavy atom. The van der Waals surface area contributed by atoms with Crippen LogP contribution in [-0.4, -0.2) is 52.1 Å². The Kier molecular flexibility index (Phi) is 6.86. The summed E-state index contributed by atoms with van der Waals surface area (Å²) in [5.41, 5.74) is 1.01. The number of fused-ring (bicyclic) bond motifs is 1. The van der Waals surface area contributed by atoms with Gasteiger partial charge >= 0.3 is 0 Å². The van der Waals surface area contributed by atoms with Gasteiger partial charge in [-0.25, -0.2) is 13.1 Å². The number of benzene rings is 2. The molecule has 2 aromatic carbocycles. The fourth-order valence-electron chi connectivity index (χ4n) is 4.08. The van der Waals surface area contributed by atoms with Crippen LogP contribution in [0.1, 0.15) is 37.8 Å². The van der Waals surface area contributed by atoms with E-state index in [1.807, 2.05) is 30.0 Å². The van der Waals surface area contributed by atoms with Crippen molar-refractivity contribution < 1.29 is 27.4 Å². The van der Waals surface area contributed by atoms with Crippen molar-refractivity contribution in [1.29, 1.82) is 0 Å². The molecule has 0 aromatic heterocycles. The fourth-order valence-corrected chi connectivity index (χ4v) is 5.11. The van der Waals surface area contributed by atoms with Crippen molar-refractivity contribution in [3.05, 3.63) is 48.0 Å². The minimum atomic E-state index is -3.69. The third-order valence-corrected chi connectivity index (χ3v) is 7.08. The second kappa shape index (κ2) is 9.79. The third-order valence-electron chi connectivity index (χ3n) is 5.60. The average molecular weight is 461 g/mol. The lowest BCUT2D eigenvalue weighted by atomic mass is 10.0. The maximum atomic E-state index is 12.9. The molecule has 1 fully saturated rings. The Morgan fingerprint density at radius 1 is 1.12 bits per heavy atom. The lowest BCUT2D eigenvalue weighted by Gasteiger charge is -2.27. The molecule has 0 unspecified atom stereocenters. The summed E-state index contributed by atoms with van der Waals surface area (Å²) in [4.78, 5) is 14.8. The van der Waals surface area contributed by atoms with E-state index < -0.39 is 10.0 Å². The topological polar surface area (TPSA) is 94.2 Å². The first-order valence-electron chi connectivity index (χ1n) is 10.9. The van der Waals surface area contributed by atoms with Crippen LogP contribution in [0.15, 0.2) is 47.4 Å². The standard InChI is InChI=1S/C23H28N2O6S/c1-2-29-18-6-8-19(9-7-18)32(27,28)24-12-11-23(26)25-13-3-4-20(25)17-5-10-21-22(16-17)31-15-14-30-21/h5-10,16,20,24H,2-4,11-15H2,1H3/t20-/m1/s1. The molecular formula is C23H28N2O6S. The number of ether oxygens (including phenoxy) is 3. The number of carbonyl (C=O) groups excluding carboxylic acids is 1. The average Bonchev–Trinajstić information content (AvgIpc) is 3.29. The smallest absolute Gasteiger partial charge is 0.240 e. The molecular weight excluding hydrogens is 432 g/mol. The number of amides is 1. The van der Waals surface area contributed by atoms with E-state index in [-0.39, 0.29) is 29.8 Å². The van der Waals surface area contributed by atoms with E-state index in [9.17, 15) is 13.2 Å². The van der Waals surface area contributed by atoms with Gasteiger partial charge in [0.2, 0.25) is 15.9 Å². The van der Waals surface area contributed by atoms with Gasteiger partial charge in [-0.1, -0.05) is 6.07 Å². The second-order valence-corrected chi connectivity index (χ2v) is 9.47. The van der Waals surface area contributed by atoms with E-state index in [0.29, 0.717) is 37.9 Å². The van der Waals surface area contributed by atoms with Crippen molar-refractivity contribution in [2.24, 2.45) is 0 Å². The zero-order valence-electron chi connectivity index (χ0n) is 18.1. The molecule has 2 aliphatic heterocycles. The molecule has 1 N–H and O–H groups in total. The molecule has 2 aliphatic rings. The van der Waals surface area contributed by atoms with Crippen molar-refractivity contribution >= 4 is 15.9 Å². The number of likely N-dealkylation sites (tertiary alicyclic amines) is 1. The molecule has 0 bridgehead atoms. The van der Waals surface area contributed by atoms with Crippen molar-refractivity contribution in [2.75, 3.05) is 32.9 Å². The molecule has 172 valence electrons. The van der Waals surface area contributed by atoms with Gasteiger partial charge in [-0.2, -0.15) is 0 Å². The summed E-state index contributed by atoms with van der Waals surface area (Å²) in [6, 6.07) is 12.0. The predicted octanol–water partition coefficient (Wildman–Crippen LogP) is 2.89. The van der Waals surface area contributed by atoms with E-state index in [1.165, 1.54) is 12.1 Å². The summed E-state index contributed by atoms with van der Waals surface area (Å²) < 4.78 is 44.2. The highest BCUT2D eigenvalue weighted by molar-refractivity contribution is 7.89. The molecule has 1 amide bonds. The number of nitrogens with one attached hydrogen (secondary N) is 1. The van der Waals surface area contributed by atoms with Crippen LogP contribution in [0, 0.1) is 0 Å². The summed E-state index contributed by atoms with van der Waals surface area (Å²) in [6.45, 7) is 4.12. The molecule has 2 heterocycles. The molecule has 32 heavy (non-hydrogen) atoms. The van der Waals surface area contributed by atoms with Crippen molar-refractivity contribution in [3.8, 4) is 17.2 Å². The van der Waals surface area contributed by atoms with E-state index in [0.717, 1.165) is 24.2 Å². The Hall–Kier alpha value is -2.78. The minimum absolute atomic E-state index is 0.0404. The van der Waals surface area contributed by atoms with Crippen molar-refractivity contribution in [3.63, 3.8) is 0 Å². The monoisotopic (exact) mass is 460 g/mol. The highest BCUT2D eigenvalue weighted by Gasteiger charge is 2.30. The van der Waals surface area contributed by atoms with Gasteiger partial charge in [-0.15, -0.1) is 0 Å². The second-order valence-electron chi connectivity index (χ2n) is 7.70. The lowest BCUT2D eigenvalue weighted by molar-refractivity contribution is -0.131. The number of carbonyl (C=O) groups is 1. The molecule has 1 atom stereocenters. The van der Waals surface area contributed by atoms with Crippen molar-refractivity contribution in [2.45, 2.75) is 37.1 Å². The summed E-state index contributed by atoms with van der Waals surface area (Å²) in [5.74, 6) is 1.97. The number of sulfonamides is 1. The van der Waals surface area contributed by atoms with Crippen LogP contribution in [-0.2, 0) is 14.8 Å². The van der Waals surface area contributed by atoms with Crippen LogP contribution < -0.4 is 18.9 Å². The van der Waals surface area contributed by atoms with E-state index in [1.54, 1.807) is 12.1 Å². The molecule has 0 aliphatic carbocycles. The number of hydrogen-bond donors (Lipinski definition) is 1. The van der Waals surface area contributed by atoms with E-state index >= 15 is 0 Å². The Bertz CT molecular complexity index is 1050. The van der Waals surface area contributed by atoms with Gasteiger partial charge in [0, 0.05) is 19.5 Å². The van der Waals surface area contributed by atoms with Gasteiger partial charge in [0.25, 0.3) is 0 Å². The number of hydrogen-bond acceptors (Lipinski definition) is 6. The maximum Gasteiger partial charge on any atom is 0.240 e. The van der Waals surface area contributed by atoms with Gasteiger partial charge in [0.1, 0.15) is 19.0 Å². The summed E-state index contributed by atoms with van der Waals surface area (Å²) >= 11 is 0. The normalized spacial score (nSPS) is 17.9. The molecule has 0 radical (unpaired) electrons. The lowest BCUT2D eigenvalue weighted by Crippen LogP contribution is -2.34. The van der Waals surface area contributed by atoms with Crippen LogP contribution >= 0.6 is 0 Å². The van der Waals surface area contributed by atoms with E-state index in [4.69, 9.17) is 14.2 Å². The van der Waals surface area contributed by atoms with Crippen molar-refractivity contribution in [1.82, 2.24) is 9.62 Å². The molecule has 4 rings (SSSR count). The predicted molar refractivity (Wildman–Crippen MR) is 119 cm³/mol.